The second kappa shape index (κ2) is 11.8. The first-order valence-electron chi connectivity index (χ1n) is 13.7. The van der Waals surface area contributed by atoms with Gasteiger partial charge in [0.05, 0.1) is 39.7 Å². The topological polar surface area (TPSA) is 128 Å². The average molecular weight is 603 g/mol. The average Bonchev–Trinajstić information content (AvgIpc) is 3.77. The van der Waals surface area contributed by atoms with Gasteiger partial charge in [0.15, 0.2) is 21.3 Å². The number of pyridine rings is 1. The molecule has 0 unspecified atom stereocenters. The first kappa shape index (κ1) is 27.7. The van der Waals surface area contributed by atoms with Crippen LogP contribution >= 0.6 is 11.6 Å². The molecule has 1 aliphatic carbocycles. The molecule has 0 spiro atoms. The lowest BCUT2D eigenvalue weighted by Crippen LogP contribution is -2.40. The minimum atomic E-state index is -2.90. The number of rotatable bonds is 9. The third-order valence-corrected chi connectivity index (χ3v) is 9.01. The lowest BCUT2D eigenvalue weighted by molar-refractivity contribution is 0.162. The van der Waals surface area contributed by atoms with Gasteiger partial charge in [-0.15, -0.1) is 0 Å². The number of hydrogen-bond acceptors (Lipinski definition) is 9. The SMILES string of the molecule is O=C(Nc1ccc(Oc2ccnc3cc(OCCCN4CCS(=O)(=O)CC4)c4c(c23)OCCO4)cc1Cl)NC1CC1. The molecule has 218 valence electrons. The maximum absolute atomic E-state index is 12.1. The fourth-order valence-electron chi connectivity index (χ4n) is 4.77. The van der Waals surface area contributed by atoms with Gasteiger partial charge in [-0.1, -0.05) is 11.6 Å². The van der Waals surface area contributed by atoms with Crippen LogP contribution in [0.2, 0.25) is 5.02 Å². The van der Waals surface area contributed by atoms with E-state index in [1.807, 2.05) is 6.07 Å². The van der Waals surface area contributed by atoms with E-state index in [1.54, 1.807) is 30.5 Å². The Kier molecular flexibility index (Phi) is 7.96. The molecule has 2 N–H and O–H groups in total. The lowest BCUT2D eigenvalue weighted by Gasteiger charge is -2.26. The molecule has 2 fully saturated rings. The molecule has 6 rings (SSSR count). The summed E-state index contributed by atoms with van der Waals surface area (Å²) in [5.74, 6) is 2.91. The fraction of sp³-hybridized carbons (Fsp3) is 0.429. The van der Waals surface area contributed by atoms with E-state index >= 15 is 0 Å². The Balaban J connectivity index is 1.16. The maximum Gasteiger partial charge on any atom is 0.319 e. The maximum atomic E-state index is 12.1. The van der Waals surface area contributed by atoms with Gasteiger partial charge < -0.3 is 34.5 Å². The summed E-state index contributed by atoms with van der Waals surface area (Å²) in [7, 11) is -2.90. The Hall–Kier alpha value is -3.48. The van der Waals surface area contributed by atoms with E-state index in [4.69, 9.17) is 30.5 Å². The zero-order valence-electron chi connectivity index (χ0n) is 22.4. The summed E-state index contributed by atoms with van der Waals surface area (Å²) in [6, 6.07) is 8.56. The van der Waals surface area contributed by atoms with Gasteiger partial charge in [0.25, 0.3) is 0 Å². The quantitative estimate of drug-likeness (QED) is 0.346. The molecule has 1 aromatic heterocycles. The number of halogens is 1. The van der Waals surface area contributed by atoms with Crippen LogP contribution in [-0.2, 0) is 9.84 Å². The summed E-state index contributed by atoms with van der Waals surface area (Å²) >= 11 is 6.44. The number of amides is 2. The minimum absolute atomic E-state index is 0.206. The Morgan fingerprint density at radius 2 is 1.85 bits per heavy atom. The third kappa shape index (κ3) is 6.71. The largest absolute Gasteiger partial charge is 0.489 e. The Bertz CT molecular complexity index is 1550. The molecule has 3 aliphatic rings. The molecule has 2 amide bonds. The Morgan fingerprint density at radius 3 is 2.61 bits per heavy atom. The van der Waals surface area contributed by atoms with Gasteiger partial charge in [-0.2, -0.15) is 0 Å². The van der Waals surface area contributed by atoms with E-state index < -0.39 is 9.84 Å². The molecule has 0 atom stereocenters. The zero-order valence-corrected chi connectivity index (χ0v) is 23.9. The molecular weight excluding hydrogens is 572 g/mol. The summed E-state index contributed by atoms with van der Waals surface area (Å²) < 4.78 is 47.6. The van der Waals surface area contributed by atoms with Crippen molar-refractivity contribution in [2.24, 2.45) is 0 Å². The van der Waals surface area contributed by atoms with Crippen molar-refractivity contribution in [3.8, 4) is 28.7 Å². The van der Waals surface area contributed by atoms with Crippen molar-refractivity contribution in [1.29, 1.82) is 0 Å². The highest BCUT2D eigenvalue weighted by Crippen LogP contribution is 2.48. The van der Waals surface area contributed by atoms with Gasteiger partial charge in [-0.25, -0.2) is 13.2 Å². The summed E-state index contributed by atoms with van der Waals surface area (Å²) in [6.45, 7) is 3.03. The van der Waals surface area contributed by atoms with Gasteiger partial charge >= 0.3 is 6.03 Å². The third-order valence-electron chi connectivity index (χ3n) is 7.09. The highest BCUT2D eigenvalue weighted by Gasteiger charge is 2.26. The van der Waals surface area contributed by atoms with Crippen LogP contribution in [0.4, 0.5) is 10.5 Å². The van der Waals surface area contributed by atoms with Crippen molar-refractivity contribution in [3.63, 3.8) is 0 Å². The number of hydrogen-bond donors (Lipinski definition) is 2. The number of nitrogens with zero attached hydrogens (tertiary/aromatic N) is 2. The zero-order chi connectivity index (χ0) is 28.4. The molecule has 41 heavy (non-hydrogen) atoms. The van der Waals surface area contributed by atoms with Gasteiger partial charge in [-0.05, 0) is 37.5 Å². The monoisotopic (exact) mass is 602 g/mol. The summed E-state index contributed by atoms with van der Waals surface area (Å²) in [4.78, 5) is 18.8. The second-order valence-electron chi connectivity index (χ2n) is 10.2. The van der Waals surface area contributed by atoms with Crippen LogP contribution in [0.25, 0.3) is 10.9 Å². The van der Waals surface area contributed by atoms with Crippen LogP contribution in [0.5, 0.6) is 28.7 Å². The number of anilines is 1. The van der Waals surface area contributed by atoms with E-state index in [-0.39, 0.29) is 23.6 Å². The second-order valence-corrected chi connectivity index (χ2v) is 13.0. The van der Waals surface area contributed by atoms with Crippen LogP contribution < -0.4 is 29.6 Å². The predicted octanol–water partition coefficient (Wildman–Crippen LogP) is 4.23. The van der Waals surface area contributed by atoms with Gasteiger partial charge in [0, 0.05) is 44.0 Å². The van der Waals surface area contributed by atoms with Crippen molar-refractivity contribution < 1.29 is 32.2 Å². The number of urea groups is 1. The van der Waals surface area contributed by atoms with E-state index in [9.17, 15) is 13.2 Å². The molecule has 1 saturated carbocycles. The number of carbonyl (C=O) groups excluding carboxylic acids is 1. The van der Waals surface area contributed by atoms with Crippen molar-refractivity contribution in [2.75, 3.05) is 56.3 Å². The van der Waals surface area contributed by atoms with Crippen molar-refractivity contribution in [3.05, 3.63) is 41.6 Å². The number of ether oxygens (including phenoxy) is 4. The molecule has 13 heteroatoms. The van der Waals surface area contributed by atoms with Gasteiger partial charge in [0.1, 0.15) is 24.7 Å². The molecule has 3 aromatic rings. The summed E-state index contributed by atoms with van der Waals surface area (Å²) in [5.41, 5.74) is 1.10. The molecule has 2 aromatic carbocycles. The molecule has 11 nitrogen and oxygen atoms in total. The van der Waals surface area contributed by atoms with E-state index in [2.05, 4.69) is 20.5 Å². The van der Waals surface area contributed by atoms with Crippen LogP contribution in [0, 0.1) is 0 Å². The summed E-state index contributed by atoms with van der Waals surface area (Å²) in [5, 5.41) is 6.62. The molecule has 1 saturated heterocycles. The van der Waals surface area contributed by atoms with E-state index in [0.717, 1.165) is 25.8 Å². The first-order valence-corrected chi connectivity index (χ1v) is 15.9. The van der Waals surface area contributed by atoms with Crippen molar-refractivity contribution in [2.45, 2.75) is 25.3 Å². The van der Waals surface area contributed by atoms with Crippen LogP contribution in [0.15, 0.2) is 36.5 Å². The molecule has 0 radical (unpaired) electrons. The highest BCUT2D eigenvalue weighted by atomic mass is 35.5. The standard InChI is InChI=1S/C28H31ClN4O7S/c29-20-16-19(4-5-21(20)32-28(34)31-18-2-3-18)40-23-6-7-30-22-17-24(26-27(25(22)23)39-13-12-38-26)37-11-1-8-33-9-14-41(35,36)15-10-33/h4-7,16-18H,1-3,8-15H2,(H2,31,32,34). The smallest absolute Gasteiger partial charge is 0.319 e. The van der Waals surface area contributed by atoms with E-state index in [0.29, 0.717) is 83.3 Å². The van der Waals surface area contributed by atoms with E-state index in [1.165, 1.54) is 0 Å². The first-order chi connectivity index (χ1) is 19.8. The number of sulfone groups is 1. The lowest BCUT2D eigenvalue weighted by atomic mass is 10.1. The number of carbonyl (C=O) groups is 1. The summed E-state index contributed by atoms with van der Waals surface area (Å²) in [6.07, 6.45) is 4.36. The predicted molar refractivity (Wildman–Crippen MR) is 155 cm³/mol. The normalized spacial score (nSPS) is 18.1. The van der Waals surface area contributed by atoms with Crippen LogP contribution in [0.3, 0.4) is 0 Å². The number of aromatic nitrogens is 1. The molecular formula is C28H31ClN4O7S. The minimum Gasteiger partial charge on any atom is -0.489 e. The van der Waals surface area contributed by atoms with Crippen molar-refractivity contribution in [1.82, 2.24) is 15.2 Å². The van der Waals surface area contributed by atoms with Crippen LogP contribution in [-0.4, -0.2) is 81.3 Å². The number of benzene rings is 2. The molecule has 0 bridgehead atoms. The van der Waals surface area contributed by atoms with Crippen molar-refractivity contribution >= 4 is 44.1 Å². The molecule has 3 heterocycles. The highest BCUT2D eigenvalue weighted by molar-refractivity contribution is 7.91. The Labute approximate surface area is 243 Å². The number of fused-ring (bicyclic) bond motifs is 3. The Morgan fingerprint density at radius 1 is 1.07 bits per heavy atom. The van der Waals surface area contributed by atoms with Crippen LogP contribution in [0.1, 0.15) is 19.3 Å². The van der Waals surface area contributed by atoms with Gasteiger partial charge in [-0.3, -0.25) is 4.98 Å². The number of nitrogens with one attached hydrogen (secondary N) is 2. The molecule has 2 aliphatic heterocycles. The fourth-order valence-corrected chi connectivity index (χ4v) is 6.26. The van der Waals surface area contributed by atoms with Gasteiger partial charge in [0.2, 0.25) is 5.75 Å².